The number of amides is 1. The molecule has 1 aromatic heterocycles. The van der Waals surface area contributed by atoms with Crippen molar-refractivity contribution in [1.82, 2.24) is 9.88 Å². The number of rotatable bonds is 4. The SMILES string of the molecule is O=C(Cn1c(=O)oc2ccccc21)NC1CCC(CO)CC1. The lowest BCUT2D eigenvalue weighted by Crippen LogP contribution is -2.40. The number of aliphatic hydroxyl groups is 1. The second-order valence-corrected chi connectivity index (χ2v) is 5.89. The van der Waals surface area contributed by atoms with E-state index in [-0.39, 0.29) is 25.1 Å². The van der Waals surface area contributed by atoms with Crippen molar-refractivity contribution in [1.29, 1.82) is 0 Å². The Morgan fingerprint density at radius 2 is 2.00 bits per heavy atom. The zero-order chi connectivity index (χ0) is 15.5. The highest BCUT2D eigenvalue weighted by atomic mass is 16.4. The Morgan fingerprint density at radius 1 is 1.27 bits per heavy atom. The van der Waals surface area contributed by atoms with Crippen LogP contribution < -0.4 is 11.1 Å². The van der Waals surface area contributed by atoms with Crippen molar-refractivity contribution >= 4 is 17.0 Å². The van der Waals surface area contributed by atoms with Crippen molar-refractivity contribution < 1.29 is 14.3 Å². The van der Waals surface area contributed by atoms with Crippen LogP contribution in [-0.2, 0) is 11.3 Å². The van der Waals surface area contributed by atoms with Crippen molar-refractivity contribution in [2.24, 2.45) is 5.92 Å². The van der Waals surface area contributed by atoms with Crippen LogP contribution in [0, 0.1) is 5.92 Å². The molecule has 1 heterocycles. The summed E-state index contributed by atoms with van der Waals surface area (Å²) in [5.74, 6) is -0.338. The maximum atomic E-state index is 12.2. The summed E-state index contributed by atoms with van der Waals surface area (Å²) in [6.07, 6.45) is 3.60. The van der Waals surface area contributed by atoms with Gasteiger partial charge in [-0.05, 0) is 43.7 Å². The second-order valence-electron chi connectivity index (χ2n) is 5.89. The third kappa shape index (κ3) is 3.06. The summed E-state index contributed by atoms with van der Waals surface area (Å²) in [7, 11) is 0. The van der Waals surface area contributed by atoms with E-state index in [4.69, 9.17) is 9.52 Å². The summed E-state index contributed by atoms with van der Waals surface area (Å²) in [4.78, 5) is 24.0. The van der Waals surface area contributed by atoms with Gasteiger partial charge in [-0.15, -0.1) is 0 Å². The summed E-state index contributed by atoms with van der Waals surface area (Å²) < 4.78 is 6.47. The molecule has 3 rings (SSSR count). The molecule has 0 spiro atoms. The van der Waals surface area contributed by atoms with Crippen molar-refractivity contribution in [2.75, 3.05) is 6.61 Å². The second kappa shape index (κ2) is 6.36. The Bertz CT molecular complexity index is 710. The van der Waals surface area contributed by atoms with Crippen LogP contribution in [0.25, 0.3) is 11.1 Å². The lowest BCUT2D eigenvalue weighted by Gasteiger charge is -2.27. The van der Waals surface area contributed by atoms with Gasteiger partial charge < -0.3 is 14.8 Å². The lowest BCUT2D eigenvalue weighted by atomic mass is 9.86. The first-order valence-electron chi connectivity index (χ1n) is 7.66. The molecule has 2 N–H and O–H groups in total. The van der Waals surface area contributed by atoms with E-state index >= 15 is 0 Å². The summed E-state index contributed by atoms with van der Waals surface area (Å²) in [6.45, 7) is 0.187. The molecule has 1 aliphatic carbocycles. The average Bonchev–Trinajstić information content (AvgIpc) is 2.84. The standard InChI is InChI=1S/C16H20N2O4/c19-10-11-5-7-12(8-6-11)17-15(20)9-18-13-3-1-2-4-14(13)22-16(18)21/h1-4,11-12,19H,5-10H2,(H,17,20). The van der Waals surface area contributed by atoms with Crippen LogP contribution in [0.15, 0.2) is 33.5 Å². The smallest absolute Gasteiger partial charge is 0.408 e. The van der Waals surface area contributed by atoms with Crippen LogP contribution in [0.4, 0.5) is 0 Å². The number of carbonyl (C=O) groups is 1. The molecule has 22 heavy (non-hydrogen) atoms. The van der Waals surface area contributed by atoms with E-state index in [1.165, 1.54) is 4.57 Å². The Labute approximate surface area is 127 Å². The Balaban J connectivity index is 1.64. The predicted octanol–water partition coefficient (Wildman–Crippen LogP) is 1.26. The summed E-state index contributed by atoms with van der Waals surface area (Å²) in [6, 6.07) is 7.20. The van der Waals surface area contributed by atoms with Gasteiger partial charge in [0.1, 0.15) is 6.54 Å². The van der Waals surface area contributed by atoms with E-state index in [1.54, 1.807) is 18.2 Å². The molecule has 0 aliphatic heterocycles. The van der Waals surface area contributed by atoms with Crippen LogP contribution >= 0.6 is 0 Å². The van der Waals surface area contributed by atoms with Gasteiger partial charge in [0, 0.05) is 12.6 Å². The Kier molecular flexibility index (Phi) is 4.29. The normalized spacial score (nSPS) is 21.9. The molecule has 1 amide bonds. The molecule has 1 saturated carbocycles. The molecule has 0 saturated heterocycles. The van der Waals surface area contributed by atoms with Crippen molar-refractivity contribution in [3.05, 3.63) is 34.8 Å². The van der Waals surface area contributed by atoms with Gasteiger partial charge in [-0.1, -0.05) is 12.1 Å². The zero-order valence-electron chi connectivity index (χ0n) is 12.3. The van der Waals surface area contributed by atoms with Gasteiger partial charge in [0.2, 0.25) is 5.91 Å². The monoisotopic (exact) mass is 304 g/mol. The minimum atomic E-state index is -0.514. The van der Waals surface area contributed by atoms with E-state index in [9.17, 15) is 9.59 Å². The summed E-state index contributed by atoms with van der Waals surface area (Å²) in [5, 5.41) is 12.1. The van der Waals surface area contributed by atoms with Gasteiger partial charge in [-0.25, -0.2) is 4.79 Å². The van der Waals surface area contributed by atoms with Gasteiger partial charge in [0.15, 0.2) is 5.58 Å². The third-order valence-electron chi connectivity index (χ3n) is 4.35. The first kappa shape index (κ1) is 14.8. The number of aliphatic hydroxyl groups excluding tert-OH is 1. The fourth-order valence-corrected chi connectivity index (χ4v) is 3.07. The number of carbonyl (C=O) groups excluding carboxylic acids is 1. The molecule has 2 aromatic rings. The number of hydrogen-bond acceptors (Lipinski definition) is 4. The number of nitrogens with one attached hydrogen (secondary N) is 1. The van der Waals surface area contributed by atoms with Gasteiger partial charge in [0.25, 0.3) is 0 Å². The molecule has 0 bridgehead atoms. The number of oxazole rings is 1. The number of hydrogen-bond donors (Lipinski definition) is 2. The van der Waals surface area contributed by atoms with E-state index in [0.717, 1.165) is 25.7 Å². The number of aromatic nitrogens is 1. The lowest BCUT2D eigenvalue weighted by molar-refractivity contribution is -0.122. The maximum Gasteiger partial charge on any atom is 0.420 e. The minimum absolute atomic E-state index is 0.0320. The fourth-order valence-electron chi connectivity index (χ4n) is 3.07. The molecule has 1 aliphatic rings. The zero-order valence-corrected chi connectivity index (χ0v) is 12.3. The van der Waals surface area contributed by atoms with E-state index in [0.29, 0.717) is 17.0 Å². The van der Waals surface area contributed by atoms with Crippen molar-refractivity contribution in [3.8, 4) is 0 Å². The average molecular weight is 304 g/mol. The largest absolute Gasteiger partial charge is 0.420 e. The topological polar surface area (TPSA) is 84.5 Å². The number of nitrogens with zero attached hydrogens (tertiary/aromatic N) is 1. The van der Waals surface area contributed by atoms with Crippen LogP contribution in [0.2, 0.25) is 0 Å². The molecule has 6 heteroatoms. The molecular weight excluding hydrogens is 284 g/mol. The van der Waals surface area contributed by atoms with Crippen LogP contribution in [-0.4, -0.2) is 28.2 Å². The Morgan fingerprint density at radius 3 is 2.73 bits per heavy atom. The molecule has 1 aromatic carbocycles. The van der Waals surface area contributed by atoms with Gasteiger partial charge in [-0.2, -0.15) is 0 Å². The first-order chi connectivity index (χ1) is 10.7. The summed E-state index contributed by atoms with van der Waals surface area (Å²) >= 11 is 0. The highest BCUT2D eigenvalue weighted by Gasteiger charge is 2.22. The Hall–Kier alpha value is -2.08. The van der Waals surface area contributed by atoms with Gasteiger partial charge in [-0.3, -0.25) is 9.36 Å². The minimum Gasteiger partial charge on any atom is -0.408 e. The quantitative estimate of drug-likeness (QED) is 0.890. The number of para-hydroxylation sites is 2. The molecule has 0 atom stereocenters. The first-order valence-corrected chi connectivity index (χ1v) is 7.66. The van der Waals surface area contributed by atoms with Crippen molar-refractivity contribution in [2.45, 2.75) is 38.3 Å². The van der Waals surface area contributed by atoms with Crippen LogP contribution in [0.1, 0.15) is 25.7 Å². The molecule has 1 fully saturated rings. The molecular formula is C16H20N2O4. The van der Waals surface area contributed by atoms with Crippen molar-refractivity contribution in [3.63, 3.8) is 0 Å². The van der Waals surface area contributed by atoms with Crippen LogP contribution in [0.3, 0.4) is 0 Å². The third-order valence-corrected chi connectivity index (χ3v) is 4.35. The molecule has 0 unspecified atom stereocenters. The fraction of sp³-hybridized carbons (Fsp3) is 0.500. The molecule has 118 valence electrons. The van der Waals surface area contributed by atoms with Crippen LogP contribution in [0.5, 0.6) is 0 Å². The highest BCUT2D eigenvalue weighted by molar-refractivity contribution is 5.79. The van der Waals surface area contributed by atoms with E-state index in [2.05, 4.69) is 5.32 Å². The summed E-state index contributed by atoms with van der Waals surface area (Å²) in [5.41, 5.74) is 1.12. The molecule has 0 radical (unpaired) electrons. The van der Waals surface area contributed by atoms with E-state index < -0.39 is 5.76 Å². The number of fused-ring (bicyclic) bond motifs is 1. The van der Waals surface area contributed by atoms with Gasteiger partial charge >= 0.3 is 5.76 Å². The molecule has 6 nitrogen and oxygen atoms in total. The maximum absolute atomic E-state index is 12.2. The van der Waals surface area contributed by atoms with Gasteiger partial charge in [0.05, 0.1) is 5.52 Å². The van der Waals surface area contributed by atoms with E-state index in [1.807, 2.05) is 6.07 Å². The number of benzene rings is 1. The predicted molar refractivity (Wildman–Crippen MR) is 81.4 cm³/mol. The highest BCUT2D eigenvalue weighted by Crippen LogP contribution is 2.23.